The van der Waals surface area contributed by atoms with Gasteiger partial charge in [0, 0.05) is 53.1 Å². The number of hydrogen-bond acceptors (Lipinski definition) is 8. The first kappa shape index (κ1) is 28.9. The molecule has 0 aliphatic heterocycles. The summed E-state index contributed by atoms with van der Waals surface area (Å²) in [7, 11) is 7.59. The maximum Gasteiger partial charge on any atom is 0.238 e. The summed E-state index contributed by atoms with van der Waals surface area (Å²) in [6.07, 6.45) is 6.75. The lowest BCUT2D eigenvalue weighted by Crippen LogP contribution is -2.27. The molecular weight excluding hydrogens is 561 g/mol. The Labute approximate surface area is 253 Å². The van der Waals surface area contributed by atoms with Gasteiger partial charge in [0.1, 0.15) is 23.8 Å². The molecule has 224 valence electrons. The summed E-state index contributed by atoms with van der Waals surface area (Å²) in [4.78, 5) is 32.8. The van der Waals surface area contributed by atoms with Crippen molar-refractivity contribution in [2.75, 3.05) is 53.2 Å². The first-order valence-corrected chi connectivity index (χ1v) is 14.0. The number of ether oxygens (including phenoxy) is 1. The highest BCUT2D eigenvalue weighted by molar-refractivity contribution is 6.00. The number of benzene rings is 1. The van der Waals surface area contributed by atoms with Crippen LogP contribution in [0.2, 0.25) is 0 Å². The van der Waals surface area contributed by atoms with E-state index in [1.807, 2.05) is 63.4 Å². The van der Waals surface area contributed by atoms with Crippen molar-refractivity contribution < 1.29 is 13.9 Å². The normalized spacial score (nSPS) is 11.6. The summed E-state index contributed by atoms with van der Waals surface area (Å²) < 4.78 is 20.5. The van der Waals surface area contributed by atoms with Crippen LogP contribution in [0.15, 0.2) is 67.3 Å². The van der Waals surface area contributed by atoms with Gasteiger partial charge in [-0.25, -0.2) is 14.4 Å². The molecule has 0 saturated carbocycles. The van der Waals surface area contributed by atoms with Gasteiger partial charge in [-0.05, 0) is 75.7 Å². The highest BCUT2D eigenvalue weighted by Crippen LogP contribution is 2.35. The number of carbonyl (C=O) groups excluding carboxylic acids is 1. The van der Waals surface area contributed by atoms with E-state index in [1.54, 1.807) is 29.7 Å². The number of nitrogens with zero attached hydrogens (tertiary/aromatic N) is 6. The predicted molar refractivity (Wildman–Crippen MR) is 169 cm³/mol. The summed E-state index contributed by atoms with van der Waals surface area (Å²) in [6, 6.07) is 12.4. The van der Waals surface area contributed by atoms with Crippen molar-refractivity contribution in [2.45, 2.75) is 0 Å². The quantitative estimate of drug-likeness (QED) is 0.207. The molecule has 0 radical (unpaired) electrons. The molecule has 11 nitrogen and oxygen atoms in total. The third-order valence-corrected chi connectivity index (χ3v) is 7.02. The second kappa shape index (κ2) is 12.2. The highest BCUT2D eigenvalue weighted by atomic mass is 19.1. The monoisotopic (exact) mass is 593 g/mol. The van der Waals surface area contributed by atoms with E-state index in [-0.39, 0.29) is 18.3 Å². The summed E-state index contributed by atoms with van der Waals surface area (Å²) in [5.41, 5.74) is 6.38. The smallest absolute Gasteiger partial charge is 0.238 e. The number of anilines is 1. The van der Waals surface area contributed by atoms with Crippen LogP contribution in [0.4, 0.5) is 10.1 Å². The number of halogens is 1. The molecule has 0 unspecified atom stereocenters. The number of hydrogen-bond donors (Lipinski definition) is 3. The van der Waals surface area contributed by atoms with E-state index in [1.165, 1.54) is 12.1 Å². The molecule has 0 spiro atoms. The molecule has 6 rings (SSSR count). The van der Waals surface area contributed by atoms with E-state index >= 15 is 0 Å². The average molecular weight is 594 g/mol. The number of likely N-dealkylation sites (N-methyl/N-ethyl adjacent to an activating group) is 2. The number of nitrogens with one attached hydrogen (secondary N) is 3. The molecule has 0 fully saturated rings. The van der Waals surface area contributed by atoms with Crippen LogP contribution in [0.5, 0.6) is 5.75 Å². The lowest BCUT2D eigenvalue weighted by Gasteiger charge is -2.12. The molecule has 0 atom stereocenters. The van der Waals surface area contributed by atoms with E-state index in [9.17, 15) is 9.18 Å². The number of amides is 1. The number of rotatable bonds is 10. The van der Waals surface area contributed by atoms with E-state index < -0.39 is 0 Å². The Morgan fingerprint density at radius 3 is 2.59 bits per heavy atom. The molecular formula is C32H32FN9O2. The third-order valence-electron chi connectivity index (χ3n) is 7.02. The Hall–Kier alpha value is -5.20. The molecule has 5 heterocycles. The molecule has 5 aromatic heterocycles. The van der Waals surface area contributed by atoms with Crippen LogP contribution in [0.25, 0.3) is 55.7 Å². The van der Waals surface area contributed by atoms with Gasteiger partial charge in [0.25, 0.3) is 0 Å². The van der Waals surface area contributed by atoms with Crippen LogP contribution in [0.3, 0.4) is 0 Å². The van der Waals surface area contributed by atoms with Crippen molar-refractivity contribution in [2.24, 2.45) is 0 Å². The minimum absolute atomic E-state index is 0.127. The van der Waals surface area contributed by atoms with Gasteiger partial charge in [-0.15, -0.1) is 0 Å². The second-order valence-electron chi connectivity index (χ2n) is 11.1. The standard InChI is InChI=1S/C32H32FN9O2/c1-41(2)7-8-44-24-11-19(9-22(33)13-24)25-5-6-35-31-26(25)14-28(38-31)30-27-12-21(16-36-32(27)40-39-30)20-10-23(17-34-15-20)37-29(43)18-42(3)4/h5-6,9-17H,7-8,18H2,1-4H3,(H,35,38)(H,37,43)(H,36,39,40). The van der Waals surface area contributed by atoms with Gasteiger partial charge in [0.05, 0.1) is 29.8 Å². The van der Waals surface area contributed by atoms with E-state index in [0.717, 1.165) is 45.4 Å². The summed E-state index contributed by atoms with van der Waals surface area (Å²) in [5, 5.41) is 12.0. The fraction of sp³-hybridized carbons (Fsp3) is 0.219. The number of fused-ring (bicyclic) bond motifs is 2. The Balaban J connectivity index is 1.33. The number of aromatic amines is 2. The molecule has 0 aliphatic rings. The van der Waals surface area contributed by atoms with Crippen LogP contribution in [0.1, 0.15) is 0 Å². The van der Waals surface area contributed by atoms with Crippen molar-refractivity contribution >= 4 is 33.7 Å². The molecule has 3 N–H and O–H groups in total. The van der Waals surface area contributed by atoms with Crippen molar-refractivity contribution in [3.63, 3.8) is 0 Å². The van der Waals surface area contributed by atoms with Crippen molar-refractivity contribution in [3.8, 4) is 39.4 Å². The first-order chi connectivity index (χ1) is 21.2. The Morgan fingerprint density at radius 2 is 1.77 bits per heavy atom. The lowest BCUT2D eigenvalue weighted by atomic mass is 10.0. The van der Waals surface area contributed by atoms with Crippen LogP contribution in [-0.4, -0.2) is 93.7 Å². The minimum Gasteiger partial charge on any atom is -0.492 e. The maximum atomic E-state index is 14.7. The zero-order chi connectivity index (χ0) is 30.8. The third kappa shape index (κ3) is 6.26. The molecule has 44 heavy (non-hydrogen) atoms. The van der Waals surface area contributed by atoms with Crippen LogP contribution in [0, 0.1) is 5.82 Å². The van der Waals surface area contributed by atoms with Crippen molar-refractivity contribution in [1.29, 1.82) is 0 Å². The zero-order valence-corrected chi connectivity index (χ0v) is 24.8. The van der Waals surface area contributed by atoms with E-state index in [0.29, 0.717) is 34.9 Å². The fourth-order valence-electron chi connectivity index (χ4n) is 4.98. The van der Waals surface area contributed by atoms with Crippen LogP contribution in [-0.2, 0) is 4.79 Å². The topological polar surface area (TPSA) is 128 Å². The Morgan fingerprint density at radius 1 is 0.932 bits per heavy atom. The van der Waals surface area contributed by atoms with Gasteiger partial charge < -0.3 is 24.8 Å². The molecule has 0 aliphatic carbocycles. The zero-order valence-electron chi connectivity index (χ0n) is 24.8. The fourth-order valence-corrected chi connectivity index (χ4v) is 4.98. The number of aromatic nitrogens is 6. The first-order valence-electron chi connectivity index (χ1n) is 14.0. The van der Waals surface area contributed by atoms with E-state index in [4.69, 9.17) is 4.74 Å². The second-order valence-corrected chi connectivity index (χ2v) is 11.1. The van der Waals surface area contributed by atoms with E-state index in [2.05, 4.69) is 35.5 Å². The highest BCUT2D eigenvalue weighted by Gasteiger charge is 2.16. The minimum atomic E-state index is -0.378. The largest absolute Gasteiger partial charge is 0.492 e. The predicted octanol–water partition coefficient (Wildman–Crippen LogP) is 4.81. The SMILES string of the molecule is CN(C)CCOc1cc(F)cc(-c2ccnc3[nH]c(-c4[nH]nc5ncc(-c6cncc(NC(=O)CN(C)C)c6)cc45)cc23)c1. The van der Waals surface area contributed by atoms with Crippen molar-refractivity contribution in [1.82, 2.24) is 39.9 Å². The number of H-pyrrole nitrogens is 2. The number of pyridine rings is 3. The lowest BCUT2D eigenvalue weighted by molar-refractivity contribution is -0.116. The summed E-state index contributed by atoms with van der Waals surface area (Å²) in [6.45, 7) is 1.43. The van der Waals surface area contributed by atoms with Gasteiger partial charge in [0.15, 0.2) is 5.65 Å². The molecule has 0 saturated heterocycles. The van der Waals surface area contributed by atoms with Crippen LogP contribution < -0.4 is 10.1 Å². The molecule has 12 heteroatoms. The Kier molecular flexibility index (Phi) is 8.01. The molecule has 6 aromatic rings. The maximum absolute atomic E-state index is 14.7. The number of carbonyl (C=O) groups is 1. The van der Waals surface area contributed by atoms with Gasteiger partial charge in [-0.1, -0.05) is 0 Å². The molecule has 1 aromatic carbocycles. The van der Waals surface area contributed by atoms with Gasteiger partial charge in [-0.3, -0.25) is 14.9 Å². The van der Waals surface area contributed by atoms with Gasteiger partial charge in [-0.2, -0.15) is 5.10 Å². The molecule has 1 amide bonds. The van der Waals surface area contributed by atoms with Crippen molar-refractivity contribution in [3.05, 3.63) is 73.1 Å². The van der Waals surface area contributed by atoms with Gasteiger partial charge >= 0.3 is 0 Å². The van der Waals surface area contributed by atoms with Crippen LogP contribution >= 0.6 is 0 Å². The summed E-state index contributed by atoms with van der Waals surface area (Å²) >= 11 is 0. The summed E-state index contributed by atoms with van der Waals surface area (Å²) in [5.74, 6) is -0.0358. The molecule has 0 bridgehead atoms. The van der Waals surface area contributed by atoms with Gasteiger partial charge in [0.2, 0.25) is 5.91 Å². The average Bonchev–Trinajstić information content (AvgIpc) is 3.60. The Bertz CT molecular complexity index is 1960.